The van der Waals surface area contributed by atoms with Crippen molar-refractivity contribution in [3.63, 3.8) is 0 Å². The van der Waals surface area contributed by atoms with Crippen molar-refractivity contribution in [1.82, 2.24) is 14.3 Å². The van der Waals surface area contributed by atoms with Gasteiger partial charge in [0.1, 0.15) is 0 Å². The summed E-state index contributed by atoms with van der Waals surface area (Å²) in [7, 11) is 0. The molecule has 1 aliphatic rings. The maximum atomic E-state index is 13.0. The normalized spacial score (nSPS) is 16.1. The lowest BCUT2D eigenvalue weighted by atomic mass is 9.98. The molecule has 182 valence electrons. The largest absolute Gasteiger partial charge is 0.481 e. The van der Waals surface area contributed by atoms with Crippen LogP contribution in [0.2, 0.25) is 0 Å². The van der Waals surface area contributed by atoms with Crippen LogP contribution in [0.15, 0.2) is 12.3 Å². The van der Waals surface area contributed by atoms with Gasteiger partial charge < -0.3 is 20.1 Å². The third-order valence-corrected chi connectivity index (χ3v) is 5.95. The Hall–Kier alpha value is -2.47. The molecule has 2 aromatic heterocycles. The number of hydrogen-bond acceptors (Lipinski definition) is 8. The predicted molar refractivity (Wildman–Crippen MR) is 119 cm³/mol. The molecule has 0 spiro atoms. The topological polar surface area (TPSA) is 100 Å². The van der Waals surface area contributed by atoms with Crippen molar-refractivity contribution in [2.75, 3.05) is 30.0 Å². The molecule has 1 fully saturated rings. The Morgan fingerprint density at radius 2 is 2.03 bits per heavy atom. The van der Waals surface area contributed by atoms with Gasteiger partial charge in [0, 0.05) is 43.5 Å². The number of aromatic nitrogens is 3. The fraction of sp³-hybridized carbons (Fsp3) is 0.619. The number of aliphatic carboxylic acids is 1. The summed E-state index contributed by atoms with van der Waals surface area (Å²) in [5, 5.41) is 12.1. The molecule has 8 nitrogen and oxygen atoms in total. The van der Waals surface area contributed by atoms with Crippen molar-refractivity contribution in [1.29, 1.82) is 0 Å². The molecule has 0 aromatic carbocycles. The number of hydrogen-bond donors (Lipinski definition) is 2. The number of nitrogens with one attached hydrogen (secondary N) is 1. The standard InChI is InChI=1S/C21H28F3N5O3S/c1-12(2)11-29(15-4-6-32-7-5-15)18-16(9-14(10-25-18)13(3)8-17(30)31)26-20-27-19(28-33-20)21(22,23)24/h9-10,12-13,15H,4-8,11H2,1-3H3,(H,30,31)(H,26,27,28)/t13-/m1/s1. The third kappa shape index (κ3) is 6.76. The highest BCUT2D eigenvalue weighted by Gasteiger charge is 2.36. The molecule has 2 aromatic rings. The molecule has 1 aliphatic heterocycles. The van der Waals surface area contributed by atoms with Crippen LogP contribution in [-0.2, 0) is 15.7 Å². The highest BCUT2D eigenvalue weighted by molar-refractivity contribution is 7.09. The van der Waals surface area contributed by atoms with Crippen LogP contribution in [0.3, 0.4) is 0 Å². The SMILES string of the molecule is CC(C)CN(c1ncc([C@H](C)CC(=O)O)cc1Nc1nc(C(F)(F)F)ns1)C1CCOCC1. The molecular weight excluding hydrogens is 459 g/mol. The van der Waals surface area contributed by atoms with E-state index in [1.807, 2.05) is 0 Å². The molecule has 0 aliphatic carbocycles. The average molecular weight is 488 g/mol. The monoisotopic (exact) mass is 487 g/mol. The van der Waals surface area contributed by atoms with Gasteiger partial charge in [0.05, 0.1) is 12.1 Å². The van der Waals surface area contributed by atoms with E-state index in [-0.39, 0.29) is 23.5 Å². The van der Waals surface area contributed by atoms with Crippen molar-refractivity contribution in [2.24, 2.45) is 5.92 Å². The van der Waals surface area contributed by atoms with Gasteiger partial charge in [-0.3, -0.25) is 4.79 Å². The van der Waals surface area contributed by atoms with E-state index in [4.69, 9.17) is 9.84 Å². The maximum Gasteiger partial charge on any atom is 0.452 e. The molecule has 33 heavy (non-hydrogen) atoms. The van der Waals surface area contributed by atoms with Crippen molar-refractivity contribution < 1.29 is 27.8 Å². The first-order chi connectivity index (χ1) is 15.5. The van der Waals surface area contributed by atoms with E-state index in [1.165, 1.54) is 0 Å². The second kappa shape index (κ2) is 10.6. The van der Waals surface area contributed by atoms with E-state index >= 15 is 0 Å². The molecule has 12 heteroatoms. The number of halogens is 3. The minimum absolute atomic E-state index is 0.00936. The van der Waals surface area contributed by atoms with Crippen molar-refractivity contribution in [3.8, 4) is 0 Å². The zero-order valence-corrected chi connectivity index (χ0v) is 19.5. The summed E-state index contributed by atoms with van der Waals surface area (Å²) in [5.74, 6) is -1.57. The van der Waals surface area contributed by atoms with Gasteiger partial charge in [0.15, 0.2) is 5.82 Å². The molecule has 1 saturated heterocycles. The van der Waals surface area contributed by atoms with Gasteiger partial charge >= 0.3 is 12.1 Å². The second-order valence-electron chi connectivity index (χ2n) is 8.57. The third-order valence-electron chi connectivity index (χ3n) is 5.32. The zero-order chi connectivity index (χ0) is 24.2. The number of carbonyl (C=O) groups is 1. The van der Waals surface area contributed by atoms with E-state index in [2.05, 4.69) is 38.4 Å². The Morgan fingerprint density at radius 3 is 2.61 bits per heavy atom. The Morgan fingerprint density at radius 1 is 1.33 bits per heavy atom. The fourth-order valence-corrected chi connectivity index (χ4v) is 4.35. The summed E-state index contributed by atoms with van der Waals surface area (Å²) < 4.78 is 47.9. The van der Waals surface area contributed by atoms with Crippen LogP contribution in [0.1, 0.15) is 57.3 Å². The molecule has 0 amide bonds. The molecule has 0 bridgehead atoms. The lowest BCUT2D eigenvalue weighted by Crippen LogP contribution is -2.42. The number of anilines is 3. The van der Waals surface area contributed by atoms with E-state index in [0.29, 0.717) is 54.3 Å². The van der Waals surface area contributed by atoms with Crippen LogP contribution in [0, 0.1) is 5.92 Å². The van der Waals surface area contributed by atoms with Crippen LogP contribution < -0.4 is 10.2 Å². The molecule has 0 radical (unpaired) electrons. The van der Waals surface area contributed by atoms with Crippen LogP contribution >= 0.6 is 11.5 Å². The van der Waals surface area contributed by atoms with Gasteiger partial charge in [-0.2, -0.15) is 22.5 Å². The van der Waals surface area contributed by atoms with E-state index in [0.717, 1.165) is 12.8 Å². The minimum Gasteiger partial charge on any atom is -0.481 e. The average Bonchev–Trinajstić information content (AvgIpc) is 3.21. The first-order valence-electron chi connectivity index (χ1n) is 10.8. The first kappa shape index (κ1) is 25.2. The molecule has 3 rings (SSSR count). The lowest BCUT2D eigenvalue weighted by molar-refractivity contribution is -0.144. The van der Waals surface area contributed by atoms with Crippen LogP contribution in [0.25, 0.3) is 0 Å². The van der Waals surface area contributed by atoms with E-state index in [9.17, 15) is 18.0 Å². The number of rotatable bonds is 9. The summed E-state index contributed by atoms with van der Waals surface area (Å²) in [4.78, 5) is 21.6. The molecule has 1 atom stereocenters. The van der Waals surface area contributed by atoms with Gasteiger partial charge in [-0.05, 0) is 36.3 Å². The number of pyridine rings is 1. The quantitative estimate of drug-likeness (QED) is 0.514. The van der Waals surface area contributed by atoms with Crippen molar-refractivity contribution in [2.45, 2.75) is 58.2 Å². The van der Waals surface area contributed by atoms with Crippen LogP contribution in [0.5, 0.6) is 0 Å². The Kier molecular flexibility index (Phi) is 8.11. The number of carboxylic acid groups (broad SMARTS) is 1. The van der Waals surface area contributed by atoms with Gasteiger partial charge in [-0.25, -0.2) is 4.98 Å². The predicted octanol–water partition coefficient (Wildman–Crippen LogP) is 4.92. The summed E-state index contributed by atoms with van der Waals surface area (Å²) in [6, 6.07) is 1.91. The maximum absolute atomic E-state index is 13.0. The molecular formula is C21H28F3N5O3S. The van der Waals surface area contributed by atoms with Gasteiger partial charge in [-0.15, -0.1) is 0 Å². The van der Waals surface area contributed by atoms with Gasteiger partial charge in [-0.1, -0.05) is 20.8 Å². The second-order valence-corrected chi connectivity index (χ2v) is 9.33. The van der Waals surface area contributed by atoms with Gasteiger partial charge in [0.2, 0.25) is 11.0 Å². The van der Waals surface area contributed by atoms with Crippen molar-refractivity contribution >= 4 is 34.1 Å². The molecule has 0 unspecified atom stereocenters. The lowest BCUT2D eigenvalue weighted by Gasteiger charge is -2.37. The summed E-state index contributed by atoms with van der Waals surface area (Å²) in [6.07, 6.45) is -1.47. The Bertz CT molecular complexity index is 947. The van der Waals surface area contributed by atoms with Crippen LogP contribution in [0.4, 0.5) is 29.8 Å². The zero-order valence-electron chi connectivity index (χ0n) is 18.7. The smallest absolute Gasteiger partial charge is 0.452 e. The first-order valence-corrected chi connectivity index (χ1v) is 11.6. The van der Waals surface area contributed by atoms with Gasteiger partial charge in [0.25, 0.3) is 0 Å². The number of nitrogens with zero attached hydrogens (tertiary/aromatic N) is 4. The Labute approximate surface area is 194 Å². The Balaban J connectivity index is 2.01. The molecule has 2 N–H and O–H groups in total. The summed E-state index contributed by atoms with van der Waals surface area (Å²) >= 11 is 0.613. The highest BCUT2D eigenvalue weighted by Crippen LogP contribution is 2.36. The highest BCUT2D eigenvalue weighted by atomic mass is 32.1. The van der Waals surface area contributed by atoms with E-state index < -0.39 is 18.0 Å². The fourth-order valence-electron chi connectivity index (χ4n) is 3.75. The summed E-state index contributed by atoms with van der Waals surface area (Å²) in [6.45, 7) is 7.89. The molecule has 3 heterocycles. The number of ether oxygens (including phenoxy) is 1. The number of carboxylic acids is 1. The number of alkyl halides is 3. The minimum atomic E-state index is -4.64. The van der Waals surface area contributed by atoms with E-state index in [1.54, 1.807) is 19.2 Å². The molecule has 0 saturated carbocycles. The van der Waals surface area contributed by atoms with Crippen molar-refractivity contribution in [3.05, 3.63) is 23.7 Å². The van der Waals surface area contributed by atoms with Crippen LogP contribution in [-0.4, -0.2) is 51.2 Å². The summed E-state index contributed by atoms with van der Waals surface area (Å²) in [5.41, 5.74) is 1.14.